The van der Waals surface area contributed by atoms with Crippen LogP contribution in [0.15, 0.2) is 77.8 Å². The van der Waals surface area contributed by atoms with Gasteiger partial charge in [-0.05, 0) is 41.5 Å². The van der Waals surface area contributed by atoms with Crippen molar-refractivity contribution in [2.45, 2.75) is 23.7 Å². The van der Waals surface area contributed by atoms with Crippen LogP contribution in [0.25, 0.3) is 11.1 Å². The molecule has 1 saturated heterocycles. The van der Waals surface area contributed by atoms with Crippen molar-refractivity contribution in [3.63, 3.8) is 0 Å². The molecule has 0 saturated carbocycles. The Labute approximate surface area is 165 Å². The third kappa shape index (κ3) is 3.79. The zero-order valence-corrected chi connectivity index (χ0v) is 16.2. The Hall–Kier alpha value is -2.70. The number of hydrogen-bond donors (Lipinski definition) is 1. The van der Waals surface area contributed by atoms with Gasteiger partial charge in [-0.2, -0.15) is 4.31 Å². The molecule has 1 aliphatic heterocycles. The fourth-order valence-corrected chi connectivity index (χ4v) is 5.10. The first-order chi connectivity index (χ1) is 13.5. The average molecular weight is 394 g/mol. The Morgan fingerprint density at radius 2 is 1.50 bits per heavy atom. The predicted octanol–water partition coefficient (Wildman–Crippen LogP) is 4.02. The van der Waals surface area contributed by atoms with E-state index in [1.54, 1.807) is 0 Å². The number of pyridine rings is 1. The first kappa shape index (κ1) is 18.7. The van der Waals surface area contributed by atoms with Gasteiger partial charge in [-0.1, -0.05) is 54.6 Å². The summed E-state index contributed by atoms with van der Waals surface area (Å²) in [6.07, 6.45) is 2.78. The molecule has 6 heteroatoms. The summed E-state index contributed by atoms with van der Waals surface area (Å²) in [6, 6.07) is 21.5. The highest BCUT2D eigenvalue weighted by molar-refractivity contribution is 7.89. The molecule has 1 fully saturated rings. The topological polar surface area (TPSA) is 70.5 Å². The van der Waals surface area contributed by atoms with Gasteiger partial charge in [0.25, 0.3) is 0 Å². The summed E-state index contributed by atoms with van der Waals surface area (Å²) in [4.78, 5) is 3.81. The van der Waals surface area contributed by atoms with Crippen LogP contribution in [-0.4, -0.2) is 35.9 Å². The van der Waals surface area contributed by atoms with Crippen LogP contribution in [-0.2, 0) is 10.0 Å². The van der Waals surface area contributed by atoms with Crippen molar-refractivity contribution in [3.8, 4) is 17.0 Å². The predicted molar refractivity (Wildman–Crippen MR) is 109 cm³/mol. The lowest BCUT2D eigenvalue weighted by molar-refractivity contribution is 0.319. The molecule has 3 aromatic rings. The highest BCUT2D eigenvalue weighted by Gasteiger charge is 2.30. The van der Waals surface area contributed by atoms with E-state index in [0.717, 1.165) is 12.8 Å². The SMILES string of the molecule is O=S(=O)(c1ccc(O)nc1)N1CCC(c2ccc(-c3ccccc3)cc2)CC1. The highest BCUT2D eigenvalue weighted by atomic mass is 32.2. The zero-order valence-electron chi connectivity index (χ0n) is 15.4. The first-order valence-corrected chi connectivity index (χ1v) is 10.8. The van der Waals surface area contributed by atoms with Crippen molar-refractivity contribution in [2.75, 3.05) is 13.1 Å². The van der Waals surface area contributed by atoms with Crippen LogP contribution in [0.2, 0.25) is 0 Å². The first-order valence-electron chi connectivity index (χ1n) is 9.34. The number of sulfonamides is 1. The van der Waals surface area contributed by atoms with Gasteiger partial charge in [0.2, 0.25) is 15.9 Å². The van der Waals surface area contributed by atoms with Crippen molar-refractivity contribution in [1.82, 2.24) is 9.29 Å². The molecular weight excluding hydrogens is 372 g/mol. The smallest absolute Gasteiger partial charge is 0.244 e. The number of rotatable bonds is 4. The third-order valence-electron chi connectivity index (χ3n) is 5.30. The van der Waals surface area contributed by atoms with Crippen LogP contribution >= 0.6 is 0 Å². The summed E-state index contributed by atoms with van der Waals surface area (Å²) in [5.41, 5.74) is 3.63. The summed E-state index contributed by atoms with van der Waals surface area (Å²) in [7, 11) is -3.57. The number of hydrogen-bond acceptors (Lipinski definition) is 4. The summed E-state index contributed by atoms with van der Waals surface area (Å²) in [5, 5.41) is 9.27. The maximum absolute atomic E-state index is 12.7. The minimum atomic E-state index is -3.57. The highest BCUT2D eigenvalue weighted by Crippen LogP contribution is 2.32. The van der Waals surface area contributed by atoms with E-state index >= 15 is 0 Å². The van der Waals surface area contributed by atoms with Crippen LogP contribution in [0, 0.1) is 0 Å². The maximum Gasteiger partial charge on any atom is 0.244 e. The average Bonchev–Trinajstić information content (AvgIpc) is 2.75. The van der Waals surface area contributed by atoms with E-state index in [0.29, 0.717) is 19.0 Å². The molecule has 0 atom stereocenters. The molecule has 0 radical (unpaired) electrons. The molecule has 144 valence electrons. The second-order valence-corrected chi connectivity index (χ2v) is 8.96. The van der Waals surface area contributed by atoms with E-state index in [1.807, 2.05) is 18.2 Å². The van der Waals surface area contributed by atoms with Gasteiger partial charge >= 0.3 is 0 Å². The lowest BCUT2D eigenvalue weighted by Gasteiger charge is -2.31. The van der Waals surface area contributed by atoms with E-state index in [4.69, 9.17) is 0 Å². The van der Waals surface area contributed by atoms with Crippen LogP contribution in [0.3, 0.4) is 0 Å². The van der Waals surface area contributed by atoms with Crippen LogP contribution in [0.4, 0.5) is 0 Å². The molecular formula is C22H22N2O3S. The molecule has 0 spiro atoms. The Bertz CT molecular complexity index is 1030. The van der Waals surface area contributed by atoms with Crippen LogP contribution in [0.1, 0.15) is 24.3 Å². The number of aromatic hydroxyl groups is 1. The van der Waals surface area contributed by atoms with Gasteiger partial charge in [-0.3, -0.25) is 0 Å². The maximum atomic E-state index is 12.7. The summed E-state index contributed by atoms with van der Waals surface area (Å²) in [6.45, 7) is 0.961. The lowest BCUT2D eigenvalue weighted by atomic mass is 9.89. The van der Waals surface area contributed by atoms with Crippen LogP contribution in [0.5, 0.6) is 5.88 Å². The minimum absolute atomic E-state index is 0.121. The number of nitrogens with zero attached hydrogens (tertiary/aromatic N) is 2. The Kier molecular flexibility index (Phi) is 5.15. The fourth-order valence-electron chi connectivity index (χ4n) is 3.68. The van der Waals surface area contributed by atoms with Gasteiger partial charge in [-0.15, -0.1) is 0 Å². The normalized spacial score (nSPS) is 16.1. The zero-order chi connectivity index (χ0) is 19.6. The largest absolute Gasteiger partial charge is 0.493 e. The van der Waals surface area contributed by atoms with Crippen molar-refractivity contribution in [1.29, 1.82) is 0 Å². The van der Waals surface area contributed by atoms with Crippen molar-refractivity contribution in [2.24, 2.45) is 0 Å². The quantitative estimate of drug-likeness (QED) is 0.725. The van der Waals surface area contributed by atoms with E-state index in [2.05, 4.69) is 41.4 Å². The van der Waals surface area contributed by atoms with E-state index in [1.165, 1.54) is 39.3 Å². The van der Waals surface area contributed by atoms with Crippen molar-refractivity contribution < 1.29 is 13.5 Å². The van der Waals surface area contributed by atoms with Gasteiger partial charge in [0.15, 0.2) is 0 Å². The second-order valence-electron chi connectivity index (χ2n) is 7.02. The van der Waals surface area contributed by atoms with Gasteiger partial charge < -0.3 is 5.11 Å². The summed E-state index contributed by atoms with van der Waals surface area (Å²) < 4.78 is 27.0. The van der Waals surface area contributed by atoms with Gasteiger partial charge in [-0.25, -0.2) is 13.4 Å². The molecule has 0 bridgehead atoms. The van der Waals surface area contributed by atoms with Gasteiger partial charge in [0.1, 0.15) is 4.90 Å². The van der Waals surface area contributed by atoms with E-state index in [9.17, 15) is 13.5 Å². The third-order valence-corrected chi connectivity index (χ3v) is 7.18. The molecule has 1 aromatic heterocycles. The standard InChI is InChI=1S/C22H22N2O3S/c25-22-11-10-21(16-23-22)28(26,27)24-14-12-20(13-15-24)19-8-6-18(7-9-19)17-4-2-1-3-5-17/h1-11,16,20H,12-15H2,(H,23,25). The molecule has 1 aliphatic rings. The number of benzene rings is 2. The Balaban J connectivity index is 1.43. The minimum Gasteiger partial charge on any atom is -0.493 e. The molecule has 5 nitrogen and oxygen atoms in total. The Morgan fingerprint density at radius 3 is 2.11 bits per heavy atom. The molecule has 28 heavy (non-hydrogen) atoms. The summed E-state index contributed by atoms with van der Waals surface area (Å²) >= 11 is 0. The number of aromatic nitrogens is 1. The fraction of sp³-hybridized carbons (Fsp3) is 0.227. The monoisotopic (exact) mass is 394 g/mol. The van der Waals surface area contributed by atoms with Crippen LogP contribution < -0.4 is 0 Å². The molecule has 0 aliphatic carbocycles. The molecule has 0 unspecified atom stereocenters. The van der Waals surface area contributed by atoms with Crippen molar-refractivity contribution in [3.05, 3.63) is 78.5 Å². The molecule has 0 amide bonds. The molecule has 1 N–H and O–H groups in total. The lowest BCUT2D eigenvalue weighted by Crippen LogP contribution is -2.37. The number of piperidine rings is 1. The Morgan fingerprint density at radius 1 is 0.857 bits per heavy atom. The van der Waals surface area contributed by atoms with Gasteiger partial charge in [0.05, 0.1) is 6.20 Å². The van der Waals surface area contributed by atoms with Crippen molar-refractivity contribution >= 4 is 10.0 Å². The van der Waals surface area contributed by atoms with E-state index in [-0.39, 0.29) is 10.8 Å². The van der Waals surface area contributed by atoms with E-state index < -0.39 is 10.0 Å². The molecule has 2 aromatic carbocycles. The molecule has 2 heterocycles. The summed E-state index contributed by atoms with van der Waals surface area (Å²) in [5.74, 6) is 0.172. The van der Waals surface area contributed by atoms with Gasteiger partial charge in [0, 0.05) is 19.2 Å². The second kappa shape index (κ2) is 7.73. The molecule has 4 rings (SSSR count).